The topological polar surface area (TPSA) is 3.24 Å². The van der Waals surface area contributed by atoms with Gasteiger partial charge in [0.25, 0.3) is 0 Å². The molecule has 2 unspecified atom stereocenters. The summed E-state index contributed by atoms with van der Waals surface area (Å²) in [5.41, 5.74) is 0.587. The fourth-order valence-corrected chi connectivity index (χ4v) is 3.15. The predicted octanol–water partition coefficient (Wildman–Crippen LogP) is 3.93. The zero-order chi connectivity index (χ0) is 11.3. The largest absolute Gasteiger partial charge is 0.303 e. The zero-order valence-electron chi connectivity index (χ0n) is 11.2. The predicted molar refractivity (Wildman–Crippen MR) is 68.1 cm³/mol. The van der Waals surface area contributed by atoms with Gasteiger partial charge in [-0.1, -0.05) is 40.5 Å². The van der Waals surface area contributed by atoms with Crippen molar-refractivity contribution in [1.29, 1.82) is 0 Å². The molecule has 0 aromatic rings. The van der Waals surface area contributed by atoms with E-state index in [4.69, 9.17) is 0 Å². The SMILES string of the molecule is CCCC1CCN(CCC)CC1(C)CC. The van der Waals surface area contributed by atoms with E-state index in [0.717, 1.165) is 5.92 Å². The molecule has 0 aromatic heterocycles. The quantitative estimate of drug-likeness (QED) is 0.666. The van der Waals surface area contributed by atoms with Gasteiger partial charge in [0.05, 0.1) is 0 Å². The zero-order valence-corrected chi connectivity index (χ0v) is 11.2. The Balaban J connectivity index is 2.57. The van der Waals surface area contributed by atoms with Gasteiger partial charge in [0, 0.05) is 6.54 Å². The molecule has 15 heavy (non-hydrogen) atoms. The van der Waals surface area contributed by atoms with Crippen molar-refractivity contribution in [1.82, 2.24) is 4.90 Å². The summed E-state index contributed by atoms with van der Waals surface area (Å²) >= 11 is 0. The van der Waals surface area contributed by atoms with E-state index in [1.165, 1.54) is 51.7 Å². The van der Waals surface area contributed by atoms with Crippen molar-refractivity contribution >= 4 is 0 Å². The van der Waals surface area contributed by atoms with Crippen molar-refractivity contribution in [2.24, 2.45) is 11.3 Å². The van der Waals surface area contributed by atoms with E-state index in [2.05, 4.69) is 32.6 Å². The molecule has 0 radical (unpaired) electrons. The number of likely N-dealkylation sites (tertiary alicyclic amines) is 1. The standard InChI is InChI=1S/C14H29N/c1-5-8-13-9-11-15(10-6-2)12-14(13,4)7-3/h13H,5-12H2,1-4H3. The Kier molecular flexibility index (Phi) is 5.11. The van der Waals surface area contributed by atoms with Crippen LogP contribution in [0.3, 0.4) is 0 Å². The Bertz CT molecular complexity index is 178. The van der Waals surface area contributed by atoms with Gasteiger partial charge >= 0.3 is 0 Å². The van der Waals surface area contributed by atoms with Crippen molar-refractivity contribution in [2.45, 2.75) is 59.8 Å². The molecule has 1 aliphatic heterocycles. The van der Waals surface area contributed by atoms with Gasteiger partial charge in [0.1, 0.15) is 0 Å². The number of hydrogen-bond donors (Lipinski definition) is 0. The molecule has 1 heteroatoms. The highest BCUT2D eigenvalue weighted by atomic mass is 15.1. The third kappa shape index (κ3) is 3.21. The Labute approximate surface area is 96.2 Å². The first kappa shape index (κ1) is 13.0. The van der Waals surface area contributed by atoms with Gasteiger partial charge in [0.15, 0.2) is 0 Å². The lowest BCUT2D eigenvalue weighted by molar-refractivity contribution is 0.0325. The minimum absolute atomic E-state index is 0.587. The summed E-state index contributed by atoms with van der Waals surface area (Å²) in [6.45, 7) is 13.5. The number of nitrogens with zero attached hydrogens (tertiary/aromatic N) is 1. The minimum Gasteiger partial charge on any atom is -0.303 e. The highest BCUT2D eigenvalue weighted by Crippen LogP contribution is 2.40. The molecule has 0 N–H and O–H groups in total. The van der Waals surface area contributed by atoms with Crippen molar-refractivity contribution < 1.29 is 0 Å². The average Bonchev–Trinajstić information content (AvgIpc) is 2.23. The Morgan fingerprint density at radius 3 is 2.47 bits per heavy atom. The van der Waals surface area contributed by atoms with Crippen molar-refractivity contribution in [3.8, 4) is 0 Å². The number of rotatable bonds is 5. The molecule has 0 aromatic carbocycles. The van der Waals surface area contributed by atoms with Gasteiger partial charge in [-0.25, -0.2) is 0 Å². The molecule has 1 nitrogen and oxygen atoms in total. The summed E-state index contributed by atoms with van der Waals surface area (Å²) in [4.78, 5) is 2.68. The summed E-state index contributed by atoms with van der Waals surface area (Å²) in [5, 5.41) is 0. The van der Waals surface area contributed by atoms with Crippen molar-refractivity contribution in [3.05, 3.63) is 0 Å². The molecule has 2 atom stereocenters. The van der Waals surface area contributed by atoms with Crippen molar-refractivity contribution in [3.63, 3.8) is 0 Å². The maximum Gasteiger partial charge on any atom is 0.00379 e. The van der Waals surface area contributed by atoms with E-state index in [-0.39, 0.29) is 0 Å². The van der Waals surface area contributed by atoms with Crippen LogP contribution in [0.1, 0.15) is 59.8 Å². The van der Waals surface area contributed by atoms with Crippen LogP contribution in [-0.4, -0.2) is 24.5 Å². The van der Waals surface area contributed by atoms with Crippen LogP contribution in [0.5, 0.6) is 0 Å². The van der Waals surface area contributed by atoms with Crippen LogP contribution < -0.4 is 0 Å². The van der Waals surface area contributed by atoms with E-state index < -0.39 is 0 Å². The molecule has 1 saturated heterocycles. The minimum atomic E-state index is 0.587. The molecule has 1 rings (SSSR count). The molecule has 0 amide bonds. The second-order valence-corrected chi connectivity index (χ2v) is 5.56. The molecule has 90 valence electrons. The van der Waals surface area contributed by atoms with Crippen molar-refractivity contribution in [2.75, 3.05) is 19.6 Å². The fraction of sp³-hybridized carbons (Fsp3) is 1.00. The summed E-state index contributed by atoms with van der Waals surface area (Å²) in [5.74, 6) is 0.973. The second-order valence-electron chi connectivity index (χ2n) is 5.56. The van der Waals surface area contributed by atoms with E-state index in [0.29, 0.717) is 5.41 Å². The highest BCUT2D eigenvalue weighted by molar-refractivity contribution is 4.89. The van der Waals surface area contributed by atoms with Gasteiger partial charge < -0.3 is 4.90 Å². The molecule has 0 aliphatic carbocycles. The Morgan fingerprint density at radius 1 is 1.20 bits per heavy atom. The average molecular weight is 211 g/mol. The Morgan fingerprint density at radius 2 is 1.93 bits per heavy atom. The van der Waals surface area contributed by atoms with Crippen LogP contribution >= 0.6 is 0 Å². The Hall–Kier alpha value is -0.0400. The van der Waals surface area contributed by atoms with Gasteiger partial charge in [0.2, 0.25) is 0 Å². The van der Waals surface area contributed by atoms with E-state index in [9.17, 15) is 0 Å². The normalized spacial score (nSPS) is 33.2. The van der Waals surface area contributed by atoms with Gasteiger partial charge in [-0.05, 0) is 43.7 Å². The third-order valence-corrected chi connectivity index (χ3v) is 4.35. The molecule has 0 bridgehead atoms. The first-order chi connectivity index (χ1) is 7.16. The summed E-state index contributed by atoms with van der Waals surface area (Å²) in [7, 11) is 0. The van der Waals surface area contributed by atoms with Crippen LogP contribution in [0, 0.1) is 11.3 Å². The lowest BCUT2D eigenvalue weighted by atomic mass is 9.69. The summed E-state index contributed by atoms with van der Waals surface area (Å²) in [6.07, 6.45) is 6.87. The number of hydrogen-bond acceptors (Lipinski definition) is 1. The maximum absolute atomic E-state index is 2.68. The molecule has 0 spiro atoms. The lowest BCUT2D eigenvalue weighted by Crippen LogP contribution is -2.47. The van der Waals surface area contributed by atoms with Gasteiger partial charge in [-0.2, -0.15) is 0 Å². The molecule has 0 saturated carbocycles. The van der Waals surface area contributed by atoms with Crippen LogP contribution in [-0.2, 0) is 0 Å². The van der Waals surface area contributed by atoms with E-state index in [1.54, 1.807) is 0 Å². The first-order valence-corrected chi connectivity index (χ1v) is 6.88. The first-order valence-electron chi connectivity index (χ1n) is 6.88. The maximum atomic E-state index is 2.68. The monoisotopic (exact) mass is 211 g/mol. The van der Waals surface area contributed by atoms with E-state index in [1.807, 2.05) is 0 Å². The smallest absolute Gasteiger partial charge is 0.00379 e. The summed E-state index contributed by atoms with van der Waals surface area (Å²) < 4.78 is 0. The molecule has 1 aliphatic rings. The molecular weight excluding hydrogens is 182 g/mol. The number of piperidine rings is 1. The highest BCUT2D eigenvalue weighted by Gasteiger charge is 2.36. The van der Waals surface area contributed by atoms with Crippen LogP contribution in [0.15, 0.2) is 0 Å². The third-order valence-electron chi connectivity index (χ3n) is 4.35. The second kappa shape index (κ2) is 5.89. The molecule has 1 heterocycles. The molecular formula is C14H29N. The van der Waals surface area contributed by atoms with Crippen LogP contribution in [0.25, 0.3) is 0 Å². The van der Waals surface area contributed by atoms with Crippen LogP contribution in [0.4, 0.5) is 0 Å². The van der Waals surface area contributed by atoms with Crippen LogP contribution in [0.2, 0.25) is 0 Å². The van der Waals surface area contributed by atoms with Gasteiger partial charge in [-0.15, -0.1) is 0 Å². The fourth-order valence-electron chi connectivity index (χ4n) is 3.15. The molecule has 1 fully saturated rings. The van der Waals surface area contributed by atoms with Gasteiger partial charge in [-0.3, -0.25) is 0 Å². The van der Waals surface area contributed by atoms with E-state index >= 15 is 0 Å². The lowest BCUT2D eigenvalue weighted by Gasteiger charge is -2.46. The summed E-state index contributed by atoms with van der Waals surface area (Å²) in [6, 6.07) is 0.